The number of benzene rings is 3. The fourth-order valence-corrected chi connectivity index (χ4v) is 3.24. The number of para-hydroxylation sites is 1. The minimum atomic E-state index is -0.675. The number of aryl methyl sites for hydroxylation is 1. The number of phenolic OH excluding ortho intramolecular Hbond substituents is 1. The van der Waals surface area contributed by atoms with E-state index in [2.05, 4.69) is 10.2 Å². The quantitative estimate of drug-likeness (QED) is 0.496. The predicted octanol–water partition coefficient (Wildman–Crippen LogP) is 5.15. The third-order valence-electron chi connectivity index (χ3n) is 4.57. The molecule has 4 rings (SSSR count). The average Bonchev–Trinajstić information content (AvgIpc) is 2.96. The molecule has 6 nitrogen and oxygen atoms in total. The number of azo groups is 1. The van der Waals surface area contributed by atoms with Gasteiger partial charge in [0.15, 0.2) is 5.69 Å². The second kappa shape index (κ2) is 6.57. The van der Waals surface area contributed by atoms with Gasteiger partial charge in [-0.05, 0) is 35.9 Å². The van der Waals surface area contributed by atoms with Crippen LogP contribution < -0.4 is 0 Å². The van der Waals surface area contributed by atoms with Gasteiger partial charge < -0.3 is 14.8 Å². The summed E-state index contributed by atoms with van der Waals surface area (Å²) < 4.78 is 1.70. The number of carbonyl (C=O) groups excluding carboxylic acids is 1. The molecular weight excluding hydrogens is 342 g/mol. The second-order valence-electron chi connectivity index (χ2n) is 6.16. The zero-order chi connectivity index (χ0) is 19.0. The van der Waals surface area contributed by atoms with E-state index >= 15 is 0 Å². The van der Waals surface area contributed by atoms with Crippen molar-refractivity contribution in [2.24, 2.45) is 10.2 Å². The topological polar surface area (TPSA) is 87.2 Å². The number of nitrogens with zero attached hydrogens (tertiary/aromatic N) is 3. The van der Waals surface area contributed by atoms with Crippen molar-refractivity contribution in [1.29, 1.82) is 0 Å². The minimum absolute atomic E-state index is 0.0435. The summed E-state index contributed by atoms with van der Waals surface area (Å²) >= 11 is 0. The summed E-state index contributed by atoms with van der Waals surface area (Å²) in [5.74, 6) is -0.873. The normalized spacial score (nSPS) is 11.6. The molecule has 1 aromatic heterocycles. The number of aromatic nitrogens is 1. The van der Waals surface area contributed by atoms with Crippen LogP contribution in [0.4, 0.5) is 5.69 Å². The Morgan fingerprint density at radius 1 is 1.00 bits per heavy atom. The van der Waals surface area contributed by atoms with Crippen molar-refractivity contribution < 1.29 is 15.0 Å². The maximum absolute atomic E-state index is 12.5. The van der Waals surface area contributed by atoms with Crippen molar-refractivity contribution in [1.82, 2.24) is 4.57 Å². The molecule has 0 fully saturated rings. The number of carbonyl (C=O) groups is 1. The largest absolute Gasteiger partial charge is 0.507 e. The summed E-state index contributed by atoms with van der Waals surface area (Å²) in [5.41, 5.74) is 1.12. The van der Waals surface area contributed by atoms with Crippen LogP contribution in [0.5, 0.6) is 11.6 Å². The maximum Gasteiger partial charge on any atom is 0.299 e. The smallest absolute Gasteiger partial charge is 0.299 e. The molecule has 3 aromatic carbocycles. The fraction of sp³-hybridized carbons (Fsp3) is 0.0952. The molecule has 0 radical (unpaired) electrons. The molecule has 1 amide bonds. The van der Waals surface area contributed by atoms with Crippen LogP contribution in [-0.2, 0) is 6.54 Å². The summed E-state index contributed by atoms with van der Waals surface area (Å²) in [6.45, 7) is 2.46. The number of fused-ring (bicyclic) bond motifs is 2. The van der Waals surface area contributed by atoms with Gasteiger partial charge in [-0.1, -0.05) is 42.5 Å². The highest BCUT2D eigenvalue weighted by molar-refractivity contribution is 6.02. The Bertz CT molecular complexity index is 1210. The molecule has 0 atom stereocenters. The van der Waals surface area contributed by atoms with Crippen LogP contribution in [0.1, 0.15) is 17.3 Å². The van der Waals surface area contributed by atoms with Crippen molar-refractivity contribution in [2.45, 2.75) is 13.5 Å². The highest BCUT2D eigenvalue weighted by Gasteiger charge is 2.17. The monoisotopic (exact) mass is 359 g/mol. The summed E-state index contributed by atoms with van der Waals surface area (Å²) in [5, 5.41) is 30.7. The van der Waals surface area contributed by atoms with Gasteiger partial charge >= 0.3 is 0 Å². The number of phenols is 1. The van der Waals surface area contributed by atoms with E-state index in [0.29, 0.717) is 11.9 Å². The van der Waals surface area contributed by atoms with Crippen LogP contribution in [-0.4, -0.2) is 20.7 Å². The van der Waals surface area contributed by atoms with Crippen LogP contribution in [0.2, 0.25) is 0 Å². The molecule has 27 heavy (non-hydrogen) atoms. The lowest BCUT2D eigenvalue weighted by molar-refractivity contribution is 0.0992. The van der Waals surface area contributed by atoms with Gasteiger partial charge in [0.2, 0.25) is 5.88 Å². The van der Waals surface area contributed by atoms with E-state index in [1.165, 1.54) is 6.07 Å². The van der Waals surface area contributed by atoms with E-state index in [1.54, 1.807) is 10.6 Å². The average molecular weight is 359 g/mol. The molecule has 0 saturated carbocycles. The molecule has 2 N–H and O–H groups in total. The van der Waals surface area contributed by atoms with Gasteiger partial charge in [0.25, 0.3) is 5.91 Å². The van der Waals surface area contributed by atoms with Gasteiger partial charge in [-0.3, -0.25) is 4.79 Å². The first kappa shape index (κ1) is 16.8. The molecule has 1 heterocycles. The Labute approximate surface area is 155 Å². The van der Waals surface area contributed by atoms with Crippen molar-refractivity contribution >= 4 is 33.3 Å². The molecule has 0 bridgehead atoms. The van der Waals surface area contributed by atoms with E-state index in [-0.39, 0.29) is 22.9 Å². The van der Waals surface area contributed by atoms with E-state index in [9.17, 15) is 15.0 Å². The molecule has 0 aliphatic heterocycles. The number of aromatic hydroxyl groups is 2. The summed E-state index contributed by atoms with van der Waals surface area (Å²) in [6, 6.07) is 17.9. The first-order valence-electron chi connectivity index (χ1n) is 8.58. The first-order valence-corrected chi connectivity index (χ1v) is 8.58. The fourth-order valence-electron chi connectivity index (χ4n) is 3.24. The van der Waals surface area contributed by atoms with Crippen LogP contribution in [0, 0.1) is 0 Å². The third-order valence-corrected chi connectivity index (χ3v) is 4.57. The molecule has 6 heteroatoms. The number of rotatable bonds is 3. The summed E-state index contributed by atoms with van der Waals surface area (Å²) in [7, 11) is 0. The van der Waals surface area contributed by atoms with Gasteiger partial charge in [0.05, 0.1) is 11.1 Å². The predicted molar refractivity (Wildman–Crippen MR) is 104 cm³/mol. The van der Waals surface area contributed by atoms with Gasteiger partial charge in [-0.2, -0.15) is 0 Å². The summed E-state index contributed by atoms with van der Waals surface area (Å²) in [6.07, 6.45) is 0. The lowest BCUT2D eigenvalue weighted by Crippen LogP contribution is -1.94. The molecule has 0 saturated heterocycles. The SMILES string of the molecule is CCn1c(O)c(N=NC(=O)c2cc3ccccc3cc2O)c2ccccc21. The molecule has 4 aromatic rings. The maximum atomic E-state index is 12.5. The van der Waals surface area contributed by atoms with E-state index in [0.717, 1.165) is 16.3 Å². The molecule has 0 unspecified atom stereocenters. The van der Waals surface area contributed by atoms with Gasteiger partial charge in [-0.25, -0.2) is 0 Å². The van der Waals surface area contributed by atoms with E-state index in [4.69, 9.17) is 0 Å². The van der Waals surface area contributed by atoms with Crippen LogP contribution in [0.3, 0.4) is 0 Å². The zero-order valence-corrected chi connectivity index (χ0v) is 14.6. The van der Waals surface area contributed by atoms with Crippen LogP contribution >= 0.6 is 0 Å². The van der Waals surface area contributed by atoms with Crippen LogP contribution in [0.15, 0.2) is 70.9 Å². The zero-order valence-electron chi connectivity index (χ0n) is 14.6. The van der Waals surface area contributed by atoms with Crippen molar-refractivity contribution in [2.75, 3.05) is 0 Å². The first-order chi connectivity index (χ1) is 13.1. The molecular formula is C21H17N3O3. The third kappa shape index (κ3) is 2.81. The molecule has 0 aliphatic carbocycles. The minimum Gasteiger partial charge on any atom is -0.507 e. The van der Waals surface area contributed by atoms with Gasteiger partial charge in [0, 0.05) is 11.9 Å². The summed E-state index contributed by atoms with van der Waals surface area (Å²) in [4.78, 5) is 12.5. The lowest BCUT2D eigenvalue weighted by Gasteiger charge is -2.03. The number of hydrogen-bond donors (Lipinski definition) is 2. The van der Waals surface area contributed by atoms with E-state index in [1.807, 2.05) is 55.5 Å². The Balaban J connectivity index is 1.76. The Morgan fingerprint density at radius 2 is 1.67 bits per heavy atom. The molecule has 0 spiro atoms. The Morgan fingerprint density at radius 3 is 2.41 bits per heavy atom. The van der Waals surface area contributed by atoms with Crippen LogP contribution in [0.25, 0.3) is 21.7 Å². The Hall–Kier alpha value is -3.67. The highest BCUT2D eigenvalue weighted by atomic mass is 16.3. The second-order valence-corrected chi connectivity index (χ2v) is 6.16. The highest BCUT2D eigenvalue weighted by Crippen LogP contribution is 2.38. The van der Waals surface area contributed by atoms with E-state index < -0.39 is 5.91 Å². The van der Waals surface area contributed by atoms with Crippen molar-refractivity contribution in [3.8, 4) is 11.6 Å². The van der Waals surface area contributed by atoms with Crippen molar-refractivity contribution in [3.63, 3.8) is 0 Å². The van der Waals surface area contributed by atoms with Gasteiger partial charge in [0.1, 0.15) is 5.75 Å². The standard InChI is InChI=1S/C21H17N3O3/c1-2-24-17-10-6-5-9-15(17)19(21(24)27)22-23-20(26)16-11-13-7-3-4-8-14(13)12-18(16)25/h3-12,25,27H,2H2,1H3. The Kier molecular flexibility index (Phi) is 4.08. The number of hydrogen-bond acceptors (Lipinski definition) is 4. The lowest BCUT2D eigenvalue weighted by atomic mass is 10.1. The van der Waals surface area contributed by atoms with Crippen molar-refractivity contribution in [3.05, 3.63) is 66.2 Å². The van der Waals surface area contributed by atoms with Gasteiger partial charge in [-0.15, -0.1) is 10.2 Å². The number of amides is 1. The molecule has 0 aliphatic rings. The molecule has 134 valence electrons.